The maximum atomic E-state index is 13.1. The van der Waals surface area contributed by atoms with Gasteiger partial charge in [0.05, 0.1) is 24.2 Å². The van der Waals surface area contributed by atoms with Gasteiger partial charge in [-0.25, -0.2) is 5.10 Å². The lowest BCUT2D eigenvalue weighted by Crippen LogP contribution is -2.57. The highest BCUT2D eigenvalue weighted by molar-refractivity contribution is 6.01. The Kier molecular flexibility index (Phi) is 4.28. The molecule has 11 nitrogen and oxygen atoms in total. The Morgan fingerprint density at radius 2 is 2.09 bits per heavy atom. The number of hydrogen-bond acceptors (Lipinski definition) is 8. The fourth-order valence-electron chi connectivity index (χ4n) is 5.68. The molecule has 2 amide bonds. The summed E-state index contributed by atoms with van der Waals surface area (Å²) in [5, 5.41) is 23.1. The van der Waals surface area contributed by atoms with Crippen molar-refractivity contribution < 1.29 is 9.59 Å². The average molecular weight is 433 g/mol. The first-order chi connectivity index (χ1) is 15.5. The number of nitrogens with zero attached hydrogens (tertiary/aromatic N) is 7. The van der Waals surface area contributed by atoms with Gasteiger partial charge in [0.25, 0.3) is 0 Å². The molecule has 1 aromatic carbocycles. The molecule has 1 unspecified atom stereocenters. The largest absolute Gasteiger partial charge is 0.322 e. The normalized spacial score (nSPS) is 31.6. The third-order valence-electron chi connectivity index (χ3n) is 7.29. The summed E-state index contributed by atoms with van der Waals surface area (Å²) >= 11 is 0. The number of piperidine rings is 1. The summed E-state index contributed by atoms with van der Waals surface area (Å²) in [7, 11) is 0. The number of tetrazole rings is 1. The number of anilines is 1. The molecular weight excluding hydrogens is 410 g/mol. The van der Waals surface area contributed by atoms with Crippen LogP contribution in [0, 0.1) is 17.2 Å². The number of nitriles is 1. The van der Waals surface area contributed by atoms with Crippen molar-refractivity contribution in [1.29, 1.82) is 5.26 Å². The molecule has 4 fully saturated rings. The van der Waals surface area contributed by atoms with Crippen LogP contribution in [0.5, 0.6) is 0 Å². The van der Waals surface area contributed by atoms with Crippen molar-refractivity contribution in [3.8, 4) is 17.5 Å². The van der Waals surface area contributed by atoms with Crippen LogP contribution < -0.4 is 10.6 Å². The van der Waals surface area contributed by atoms with Gasteiger partial charge in [-0.2, -0.15) is 5.26 Å². The van der Waals surface area contributed by atoms with Crippen LogP contribution in [0.25, 0.3) is 11.4 Å². The minimum atomic E-state index is -0.722. The summed E-state index contributed by atoms with van der Waals surface area (Å²) in [6.07, 6.45) is 2.46. The summed E-state index contributed by atoms with van der Waals surface area (Å²) in [4.78, 5) is 31.6. The van der Waals surface area contributed by atoms with E-state index in [1.54, 1.807) is 4.90 Å². The van der Waals surface area contributed by atoms with E-state index in [-0.39, 0.29) is 36.0 Å². The van der Waals surface area contributed by atoms with Crippen molar-refractivity contribution in [1.82, 2.24) is 30.4 Å². The number of aromatic nitrogens is 4. The molecule has 4 aliphatic rings. The van der Waals surface area contributed by atoms with E-state index in [2.05, 4.69) is 26.7 Å². The predicted octanol–water partition coefficient (Wildman–Crippen LogP) is -0.504. The number of piperazine rings is 1. The number of rotatable bonds is 5. The minimum absolute atomic E-state index is 0.0355. The molecule has 164 valence electrons. The van der Waals surface area contributed by atoms with E-state index in [1.807, 2.05) is 34.1 Å². The molecule has 4 heterocycles. The molecule has 2 aromatic rings. The van der Waals surface area contributed by atoms with Crippen molar-refractivity contribution in [2.75, 3.05) is 18.0 Å². The van der Waals surface area contributed by atoms with Crippen LogP contribution in [0.15, 0.2) is 24.3 Å². The Bertz CT molecular complexity index is 1100. The predicted molar refractivity (Wildman–Crippen MR) is 112 cm³/mol. The van der Waals surface area contributed by atoms with Gasteiger partial charge in [-0.3, -0.25) is 14.5 Å². The lowest BCUT2D eigenvalue weighted by atomic mass is 10.1. The molecule has 11 heteroatoms. The van der Waals surface area contributed by atoms with Gasteiger partial charge in [0.15, 0.2) is 5.82 Å². The highest BCUT2D eigenvalue weighted by Gasteiger charge is 2.55. The smallest absolute Gasteiger partial charge is 0.244 e. The van der Waals surface area contributed by atoms with Crippen LogP contribution in [0.4, 0.5) is 5.69 Å². The van der Waals surface area contributed by atoms with Gasteiger partial charge >= 0.3 is 0 Å². The van der Waals surface area contributed by atoms with Crippen molar-refractivity contribution in [3.05, 3.63) is 24.3 Å². The number of hydrogen-bond donors (Lipinski definition) is 2. The topological polar surface area (TPSA) is 148 Å². The van der Waals surface area contributed by atoms with Crippen LogP contribution in [0.2, 0.25) is 0 Å². The standard InChI is InChI=1S/C21H23N9O2/c22-8-14-5-12-6-17(12)30(14)20(31)16(23)10-28-9-15-7-18(28)21(32)29(15)13-3-1-11(2-4-13)19-24-26-27-25-19/h1-4,12,14-18H,5-7,9-10,23H2,(H,24,25,26,27)/t12-,14+,15?,16+,17+,18+/m1/s1. The van der Waals surface area contributed by atoms with Gasteiger partial charge in [0, 0.05) is 30.4 Å². The average Bonchev–Trinajstić information content (AvgIpc) is 3.25. The number of likely N-dealkylation sites (tertiary alicyclic amines) is 2. The zero-order chi connectivity index (χ0) is 22.0. The Balaban J connectivity index is 1.11. The Labute approximate surface area is 184 Å². The molecule has 3 N–H and O–H groups in total. The van der Waals surface area contributed by atoms with E-state index < -0.39 is 6.04 Å². The molecule has 6 rings (SSSR count). The fraction of sp³-hybridized carbons (Fsp3) is 0.524. The van der Waals surface area contributed by atoms with E-state index in [1.165, 1.54) is 0 Å². The van der Waals surface area contributed by atoms with Crippen molar-refractivity contribution >= 4 is 17.5 Å². The molecule has 3 aliphatic heterocycles. The molecule has 2 bridgehead atoms. The number of carbonyl (C=O) groups excluding carboxylic acids is 2. The quantitative estimate of drug-likeness (QED) is 0.641. The molecule has 1 aliphatic carbocycles. The second-order valence-corrected chi connectivity index (χ2v) is 9.16. The van der Waals surface area contributed by atoms with E-state index in [0.29, 0.717) is 24.8 Å². The summed E-state index contributed by atoms with van der Waals surface area (Å²) < 4.78 is 0. The molecule has 1 aromatic heterocycles. The third kappa shape index (κ3) is 2.91. The van der Waals surface area contributed by atoms with Gasteiger partial charge < -0.3 is 15.5 Å². The fourth-order valence-corrected chi connectivity index (χ4v) is 5.68. The number of benzene rings is 1. The maximum Gasteiger partial charge on any atom is 0.244 e. The van der Waals surface area contributed by atoms with Gasteiger partial charge in [0.1, 0.15) is 6.04 Å². The summed E-state index contributed by atoms with van der Waals surface area (Å²) in [5.41, 5.74) is 7.96. The number of amides is 2. The Hall–Kier alpha value is -3.36. The first kappa shape index (κ1) is 19.3. The van der Waals surface area contributed by atoms with Crippen LogP contribution in [0.1, 0.15) is 19.3 Å². The van der Waals surface area contributed by atoms with Crippen LogP contribution in [0.3, 0.4) is 0 Å². The van der Waals surface area contributed by atoms with E-state index in [4.69, 9.17) is 5.73 Å². The minimum Gasteiger partial charge on any atom is -0.322 e. The van der Waals surface area contributed by atoms with Crippen LogP contribution in [-0.4, -0.2) is 85.5 Å². The second kappa shape index (κ2) is 7.08. The summed E-state index contributed by atoms with van der Waals surface area (Å²) in [6.45, 7) is 1.02. The molecule has 32 heavy (non-hydrogen) atoms. The number of fused-ring (bicyclic) bond motifs is 3. The van der Waals surface area contributed by atoms with Gasteiger partial charge in [-0.05, 0) is 59.9 Å². The molecule has 1 saturated carbocycles. The lowest BCUT2D eigenvalue weighted by molar-refractivity contribution is -0.135. The number of nitrogens with one attached hydrogen (secondary N) is 1. The van der Waals surface area contributed by atoms with Gasteiger partial charge in [-0.15, -0.1) is 5.10 Å². The van der Waals surface area contributed by atoms with Crippen molar-refractivity contribution in [2.45, 2.75) is 49.5 Å². The Morgan fingerprint density at radius 1 is 1.28 bits per heavy atom. The van der Waals surface area contributed by atoms with Crippen molar-refractivity contribution in [2.24, 2.45) is 11.7 Å². The maximum absolute atomic E-state index is 13.1. The van der Waals surface area contributed by atoms with E-state index in [9.17, 15) is 14.9 Å². The summed E-state index contributed by atoms with van der Waals surface area (Å²) in [5.74, 6) is 0.907. The van der Waals surface area contributed by atoms with Gasteiger partial charge in [0.2, 0.25) is 11.8 Å². The Morgan fingerprint density at radius 3 is 2.78 bits per heavy atom. The highest BCUT2D eigenvalue weighted by Crippen LogP contribution is 2.47. The van der Waals surface area contributed by atoms with Crippen molar-refractivity contribution in [3.63, 3.8) is 0 Å². The molecule has 6 atom stereocenters. The zero-order valence-corrected chi connectivity index (χ0v) is 17.3. The SMILES string of the molecule is N#C[C@@H]1C[C@@H]2C[C@@H]2N1C(=O)[C@@H](N)CN1CC2C[C@H]1C(=O)N2c1ccc(-c2nnn[nH]2)cc1. The van der Waals surface area contributed by atoms with Gasteiger partial charge in [-0.1, -0.05) is 0 Å². The number of carbonyl (C=O) groups is 2. The highest BCUT2D eigenvalue weighted by atomic mass is 16.2. The third-order valence-corrected chi connectivity index (χ3v) is 7.29. The summed E-state index contributed by atoms with van der Waals surface area (Å²) in [6, 6.07) is 8.69. The second-order valence-electron chi connectivity index (χ2n) is 9.16. The molecule has 0 spiro atoms. The monoisotopic (exact) mass is 433 g/mol. The molecule has 0 radical (unpaired) electrons. The lowest BCUT2D eigenvalue weighted by Gasteiger charge is -2.35. The first-order valence-corrected chi connectivity index (χ1v) is 10.9. The number of aromatic amines is 1. The zero-order valence-electron chi connectivity index (χ0n) is 17.3. The molecular formula is C21H23N9O2. The van der Waals surface area contributed by atoms with Crippen LogP contribution in [-0.2, 0) is 9.59 Å². The van der Waals surface area contributed by atoms with E-state index >= 15 is 0 Å². The molecule has 3 saturated heterocycles. The van der Waals surface area contributed by atoms with Crippen LogP contribution >= 0.6 is 0 Å². The van der Waals surface area contributed by atoms with E-state index in [0.717, 1.165) is 30.5 Å². The number of nitrogens with two attached hydrogens (primary N) is 1. The first-order valence-electron chi connectivity index (χ1n) is 10.9. The number of H-pyrrole nitrogens is 1.